The van der Waals surface area contributed by atoms with Gasteiger partial charge in [-0.3, -0.25) is 25.0 Å². The van der Waals surface area contributed by atoms with Crippen LogP contribution in [0, 0.1) is 0 Å². The first-order valence-corrected chi connectivity index (χ1v) is 13.5. The highest BCUT2D eigenvalue weighted by atomic mass is 15.2. The molecule has 9 rings (SSSR count). The fourth-order valence-corrected chi connectivity index (χ4v) is 5.40. The Morgan fingerprint density at radius 3 is 2.26 bits per heavy atom. The third kappa shape index (κ3) is 3.67. The van der Waals surface area contributed by atoms with Crippen LogP contribution in [0.5, 0.6) is 0 Å². The normalized spacial score (nSPS) is 11.7. The molecule has 3 N–H and O–H groups in total. The van der Waals surface area contributed by atoms with Crippen LogP contribution in [0.15, 0.2) is 91.5 Å². The van der Waals surface area contributed by atoms with E-state index in [1.165, 1.54) is 0 Å². The van der Waals surface area contributed by atoms with Crippen LogP contribution >= 0.6 is 0 Å². The molecule has 12 heteroatoms. The Bertz CT molecular complexity index is 2390. The zero-order valence-electron chi connectivity index (χ0n) is 22.2. The molecule has 0 unspecified atom stereocenters. The van der Waals surface area contributed by atoms with Crippen LogP contribution < -0.4 is 0 Å². The molecule has 2 aliphatic rings. The summed E-state index contributed by atoms with van der Waals surface area (Å²) in [6, 6.07) is 21.0. The van der Waals surface area contributed by atoms with Crippen molar-refractivity contribution in [3.8, 4) is 56.9 Å². The zero-order chi connectivity index (χ0) is 28.3. The summed E-state index contributed by atoms with van der Waals surface area (Å²) in [6.45, 7) is 0. The van der Waals surface area contributed by atoms with Gasteiger partial charge in [-0.25, -0.2) is 9.97 Å². The first-order valence-electron chi connectivity index (χ1n) is 13.5. The Labute approximate surface area is 241 Å². The third-order valence-electron chi connectivity index (χ3n) is 7.35. The molecular formula is C31H18N12. The highest BCUT2D eigenvalue weighted by Gasteiger charge is 2.30. The molecule has 202 valence electrons. The zero-order valence-corrected chi connectivity index (χ0v) is 22.2. The maximum Gasteiger partial charge on any atom is 0.161 e. The van der Waals surface area contributed by atoms with Gasteiger partial charge in [-0.1, -0.05) is 6.07 Å². The summed E-state index contributed by atoms with van der Waals surface area (Å²) in [5.74, 6) is 0.515. The maximum absolute atomic E-state index is 5.15. The van der Waals surface area contributed by atoms with Crippen LogP contribution in [-0.2, 0) is 0 Å². The molecule has 0 fully saturated rings. The molecule has 7 aromatic rings. The van der Waals surface area contributed by atoms with Crippen molar-refractivity contribution < 1.29 is 0 Å². The van der Waals surface area contributed by atoms with Gasteiger partial charge in [0.15, 0.2) is 11.5 Å². The Morgan fingerprint density at radius 2 is 1.37 bits per heavy atom. The molecule has 0 spiro atoms. The number of H-pyrrole nitrogens is 3. The molecule has 0 atom stereocenters. The fourth-order valence-electron chi connectivity index (χ4n) is 5.40. The number of aromatic nitrogens is 12. The largest absolute Gasteiger partial charge is 0.352 e. The van der Waals surface area contributed by atoms with E-state index < -0.39 is 0 Å². The van der Waals surface area contributed by atoms with Crippen LogP contribution in [0.1, 0.15) is 0 Å². The van der Waals surface area contributed by atoms with E-state index in [-0.39, 0.29) is 0 Å². The number of hydrogen-bond donors (Lipinski definition) is 3. The summed E-state index contributed by atoms with van der Waals surface area (Å²) in [4.78, 5) is 35.5. The van der Waals surface area contributed by atoms with Gasteiger partial charge in [-0.15, -0.1) is 10.2 Å². The SMILES string of the molecule is c1ccc(-c2c(-c3cc4ncccc4nn3)nc3c(-c4cc5ncccc5[nH]4)nc(-c4n[nH]c5cccnc45)[nH]c2-3)nc1. The number of hydrogen-bond acceptors (Lipinski definition) is 9. The first-order chi connectivity index (χ1) is 21.3. The minimum atomic E-state index is 0.515. The average molecular weight is 559 g/mol. The molecular weight excluding hydrogens is 540 g/mol. The Hall–Kier alpha value is -6.43. The number of nitrogens with one attached hydrogen (secondary N) is 3. The quantitative estimate of drug-likeness (QED) is 0.254. The lowest BCUT2D eigenvalue weighted by Gasteiger charge is -2.10. The molecule has 0 radical (unpaired) electrons. The van der Waals surface area contributed by atoms with Gasteiger partial charge < -0.3 is 9.97 Å². The summed E-state index contributed by atoms with van der Waals surface area (Å²) < 4.78 is 0. The van der Waals surface area contributed by atoms with E-state index in [2.05, 4.69) is 45.3 Å². The lowest BCUT2D eigenvalue weighted by atomic mass is 10.0. The fraction of sp³-hybridized carbons (Fsp3) is 0. The molecule has 7 aromatic heterocycles. The summed E-state index contributed by atoms with van der Waals surface area (Å²) in [5, 5.41) is 16.6. The van der Waals surface area contributed by atoms with Gasteiger partial charge in [0.2, 0.25) is 0 Å². The second kappa shape index (κ2) is 9.04. The van der Waals surface area contributed by atoms with E-state index in [0.717, 1.165) is 33.5 Å². The smallest absolute Gasteiger partial charge is 0.161 e. The molecule has 9 heterocycles. The van der Waals surface area contributed by atoms with Gasteiger partial charge in [0.05, 0.1) is 44.7 Å². The summed E-state index contributed by atoms with van der Waals surface area (Å²) in [7, 11) is 0. The third-order valence-corrected chi connectivity index (χ3v) is 7.35. The molecule has 2 aliphatic heterocycles. The summed E-state index contributed by atoms with van der Waals surface area (Å²) >= 11 is 0. The van der Waals surface area contributed by atoms with Gasteiger partial charge in [0.1, 0.15) is 33.8 Å². The van der Waals surface area contributed by atoms with Crippen molar-refractivity contribution in [2.45, 2.75) is 0 Å². The van der Waals surface area contributed by atoms with E-state index >= 15 is 0 Å². The lowest BCUT2D eigenvalue weighted by Crippen LogP contribution is -2.00. The van der Waals surface area contributed by atoms with E-state index in [9.17, 15) is 0 Å². The van der Waals surface area contributed by atoms with Gasteiger partial charge >= 0.3 is 0 Å². The highest BCUT2D eigenvalue weighted by Crippen LogP contribution is 2.44. The molecule has 0 bridgehead atoms. The molecule has 0 aromatic carbocycles. The molecule has 12 nitrogen and oxygen atoms in total. The lowest BCUT2D eigenvalue weighted by molar-refractivity contribution is 1.07. The van der Waals surface area contributed by atoms with Crippen LogP contribution in [0.3, 0.4) is 0 Å². The van der Waals surface area contributed by atoms with Crippen molar-refractivity contribution in [2.75, 3.05) is 0 Å². The second-order valence-electron chi connectivity index (χ2n) is 9.94. The number of fused-ring (bicyclic) bond motifs is 4. The molecule has 0 saturated heterocycles. The van der Waals surface area contributed by atoms with E-state index in [1.807, 2.05) is 66.7 Å². The minimum absolute atomic E-state index is 0.515. The van der Waals surface area contributed by atoms with Crippen molar-refractivity contribution in [1.29, 1.82) is 0 Å². The number of nitrogens with zero attached hydrogens (tertiary/aromatic N) is 9. The predicted octanol–water partition coefficient (Wildman–Crippen LogP) is 5.46. The summed E-state index contributed by atoms with van der Waals surface area (Å²) in [5.41, 5.74) is 10.5. The van der Waals surface area contributed by atoms with Crippen LogP contribution in [0.4, 0.5) is 0 Å². The van der Waals surface area contributed by atoms with E-state index in [1.54, 1.807) is 24.8 Å². The first kappa shape index (κ1) is 23.3. The van der Waals surface area contributed by atoms with Gasteiger partial charge in [-0.05, 0) is 60.7 Å². The average Bonchev–Trinajstić information content (AvgIpc) is 3.79. The molecule has 0 aliphatic carbocycles. The van der Waals surface area contributed by atoms with Crippen molar-refractivity contribution in [1.82, 2.24) is 60.3 Å². The predicted molar refractivity (Wildman–Crippen MR) is 161 cm³/mol. The Morgan fingerprint density at radius 1 is 0.535 bits per heavy atom. The van der Waals surface area contributed by atoms with Crippen LogP contribution in [-0.4, -0.2) is 60.3 Å². The van der Waals surface area contributed by atoms with Crippen molar-refractivity contribution in [3.05, 3.63) is 91.5 Å². The van der Waals surface area contributed by atoms with E-state index in [0.29, 0.717) is 56.5 Å². The van der Waals surface area contributed by atoms with Crippen LogP contribution in [0.2, 0.25) is 0 Å². The number of aromatic amines is 3. The Balaban J connectivity index is 1.39. The van der Waals surface area contributed by atoms with Gasteiger partial charge in [0.25, 0.3) is 0 Å². The van der Waals surface area contributed by atoms with E-state index in [4.69, 9.17) is 15.0 Å². The van der Waals surface area contributed by atoms with Crippen molar-refractivity contribution >= 4 is 33.1 Å². The van der Waals surface area contributed by atoms with Crippen molar-refractivity contribution in [3.63, 3.8) is 0 Å². The summed E-state index contributed by atoms with van der Waals surface area (Å²) in [6.07, 6.45) is 6.98. The topological polar surface area (TPSA) is 163 Å². The van der Waals surface area contributed by atoms with Gasteiger partial charge in [0, 0.05) is 24.8 Å². The number of pyridine rings is 4. The minimum Gasteiger partial charge on any atom is -0.352 e. The molecule has 43 heavy (non-hydrogen) atoms. The number of rotatable bonds is 4. The monoisotopic (exact) mass is 558 g/mol. The standard InChI is InChI=1S/C31H18N12/c1-2-10-32-18(6-1)24-25(23-15-21-17(40-42-23)8-4-12-34-21)37-29-27(22-14-20-16(36-22)7-3-11-33-20)38-31(39-28(24)29)30-26-19(41-43-30)9-5-13-35-26/h1-15,36H,(H,38,39)(H,41,43). The van der Waals surface area contributed by atoms with Crippen LogP contribution in [0.25, 0.3) is 90.0 Å². The van der Waals surface area contributed by atoms with Gasteiger partial charge in [-0.2, -0.15) is 5.10 Å². The highest BCUT2D eigenvalue weighted by molar-refractivity contribution is 5.98. The maximum atomic E-state index is 5.15. The molecule has 0 amide bonds. The second-order valence-corrected chi connectivity index (χ2v) is 9.94. The Kier molecular flexibility index (Phi) is 4.90. The van der Waals surface area contributed by atoms with Crippen molar-refractivity contribution in [2.24, 2.45) is 0 Å². The molecule has 0 saturated carbocycles.